The van der Waals surface area contributed by atoms with Crippen molar-refractivity contribution in [2.45, 2.75) is 12.7 Å². The van der Waals surface area contributed by atoms with Crippen molar-refractivity contribution in [2.75, 3.05) is 24.7 Å². The molecule has 1 N–H and O–H groups in total. The molecular formula is C19H22BrN3OS. The summed E-state index contributed by atoms with van der Waals surface area (Å²) in [6.45, 7) is 2.08. The molecular weight excluding hydrogens is 398 g/mol. The first-order chi connectivity index (χ1) is 12.0. The maximum atomic E-state index is 11.9. The van der Waals surface area contributed by atoms with Gasteiger partial charge in [-0.15, -0.1) is 11.8 Å². The van der Waals surface area contributed by atoms with Crippen molar-refractivity contribution in [3.8, 4) is 0 Å². The summed E-state index contributed by atoms with van der Waals surface area (Å²) in [5.41, 5.74) is 7.09. The highest BCUT2D eigenvalue weighted by Crippen LogP contribution is 2.25. The number of nitrogens with one attached hydrogen (secondary N) is 1. The average molecular weight is 420 g/mol. The van der Waals surface area contributed by atoms with Gasteiger partial charge in [-0.05, 0) is 51.7 Å². The SMILES string of the molecule is Cc1ccccc1CSCC(=O)N/N=C\c1ccc(N(C)C)c(Br)c1. The standard InChI is InChI=1S/C19H22BrN3OS/c1-14-6-4-5-7-16(14)12-25-13-19(24)22-21-11-15-8-9-18(23(2)3)17(20)10-15/h4-11H,12-13H2,1-3H3,(H,22,24)/b21-11-. The summed E-state index contributed by atoms with van der Waals surface area (Å²) in [6.07, 6.45) is 1.65. The fourth-order valence-corrected chi connectivity index (χ4v) is 3.85. The second-order valence-electron chi connectivity index (χ2n) is 5.82. The molecule has 0 aliphatic rings. The Bertz CT molecular complexity index is 762. The van der Waals surface area contributed by atoms with Crippen molar-refractivity contribution in [3.05, 3.63) is 63.6 Å². The molecule has 0 aliphatic heterocycles. The summed E-state index contributed by atoms with van der Waals surface area (Å²) in [5, 5.41) is 4.03. The van der Waals surface area contributed by atoms with Gasteiger partial charge in [0.1, 0.15) is 0 Å². The van der Waals surface area contributed by atoms with Gasteiger partial charge in [-0.2, -0.15) is 5.10 Å². The minimum absolute atomic E-state index is 0.0983. The first-order valence-electron chi connectivity index (χ1n) is 7.88. The Balaban J connectivity index is 1.79. The minimum Gasteiger partial charge on any atom is -0.377 e. The summed E-state index contributed by atoms with van der Waals surface area (Å²) < 4.78 is 0.988. The molecule has 0 saturated heterocycles. The number of benzene rings is 2. The molecule has 2 aromatic carbocycles. The van der Waals surface area contributed by atoms with Crippen molar-refractivity contribution < 1.29 is 4.79 Å². The molecule has 2 aromatic rings. The maximum Gasteiger partial charge on any atom is 0.250 e. The number of hydrazone groups is 1. The topological polar surface area (TPSA) is 44.7 Å². The zero-order chi connectivity index (χ0) is 18.2. The zero-order valence-corrected chi connectivity index (χ0v) is 17.0. The Hall–Kier alpha value is -1.79. The predicted octanol–water partition coefficient (Wildman–Crippen LogP) is 4.21. The summed E-state index contributed by atoms with van der Waals surface area (Å²) in [6, 6.07) is 14.2. The molecule has 1 amide bonds. The molecule has 0 saturated carbocycles. The van der Waals surface area contributed by atoms with Crippen LogP contribution in [-0.4, -0.2) is 32.0 Å². The molecule has 0 fully saturated rings. The molecule has 132 valence electrons. The van der Waals surface area contributed by atoms with Gasteiger partial charge in [-0.25, -0.2) is 5.43 Å². The number of thioether (sulfide) groups is 1. The normalized spacial score (nSPS) is 10.9. The highest BCUT2D eigenvalue weighted by atomic mass is 79.9. The number of hydrogen-bond donors (Lipinski definition) is 1. The van der Waals surface area contributed by atoms with Crippen molar-refractivity contribution >= 4 is 45.5 Å². The number of carbonyl (C=O) groups excluding carboxylic acids is 1. The summed E-state index contributed by atoms with van der Waals surface area (Å²) in [4.78, 5) is 13.9. The van der Waals surface area contributed by atoms with E-state index in [0.717, 1.165) is 21.5 Å². The summed E-state index contributed by atoms with van der Waals surface area (Å²) in [7, 11) is 3.98. The van der Waals surface area contributed by atoms with Gasteiger partial charge in [0, 0.05) is 24.3 Å². The largest absolute Gasteiger partial charge is 0.377 e. The Kier molecular flexibility index (Phi) is 7.52. The maximum absolute atomic E-state index is 11.9. The van der Waals surface area contributed by atoms with E-state index in [1.54, 1.807) is 18.0 Å². The first-order valence-corrected chi connectivity index (χ1v) is 9.83. The number of rotatable bonds is 7. The highest BCUT2D eigenvalue weighted by Gasteiger charge is 2.04. The smallest absolute Gasteiger partial charge is 0.250 e. The quantitative estimate of drug-likeness (QED) is 0.539. The molecule has 0 atom stereocenters. The lowest BCUT2D eigenvalue weighted by Gasteiger charge is -2.14. The monoisotopic (exact) mass is 419 g/mol. The molecule has 0 radical (unpaired) electrons. The molecule has 25 heavy (non-hydrogen) atoms. The Morgan fingerprint density at radius 1 is 1.28 bits per heavy atom. The summed E-state index contributed by atoms with van der Waals surface area (Å²) in [5.74, 6) is 1.11. The van der Waals surface area contributed by atoms with Crippen LogP contribution in [0.3, 0.4) is 0 Å². The zero-order valence-electron chi connectivity index (χ0n) is 14.6. The van der Waals surface area contributed by atoms with Gasteiger partial charge in [-0.3, -0.25) is 4.79 Å². The fraction of sp³-hybridized carbons (Fsp3) is 0.263. The van der Waals surface area contributed by atoms with Gasteiger partial charge in [0.05, 0.1) is 17.7 Å². The van der Waals surface area contributed by atoms with Gasteiger partial charge in [0.25, 0.3) is 0 Å². The van der Waals surface area contributed by atoms with Crippen molar-refractivity contribution in [3.63, 3.8) is 0 Å². The molecule has 0 aliphatic carbocycles. The van der Waals surface area contributed by atoms with E-state index < -0.39 is 0 Å². The molecule has 0 bridgehead atoms. The van der Waals surface area contributed by atoms with E-state index in [9.17, 15) is 4.79 Å². The number of carbonyl (C=O) groups is 1. The van der Waals surface area contributed by atoms with Crippen molar-refractivity contribution in [1.29, 1.82) is 0 Å². The van der Waals surface area contributed by atoms with Crippen molar-refractivity contribution in [1.82, 2.24) is 5.43 Å². The van der Waals surface area contributed by atoms with Crippen LogP contribution in [0.4, 0.5) is 5.69 Å². The third-order valence-electron chi connectivity index (χ3n) is 3.61. The molecule has 4 nitrogen and oxygen atoms in total. The van der Waals surface area contributed by atoms with Crippen LogP contribution >= 0.6 is 27.7 Å². The van der Waals surface area contributed by atoms with E-state index in [0.29, 0.717) is 5.75 Å². The lowest BCUT2D eigenvalue weighted by molar-refractivity contribution is -0.118. The van der Waals surface area contributed by atoms with Crippen molar-refractivity contribution in [2.24, 2.45) is 5.10 Å². The Morgan fingerprint density at radius 2 is 2.04 bits per heavy atom. The van der Waals surface area contributed by atoms with E-state index in [-0.39, 0.29) is 5.91 Å². The number of amides is 1. The number of anilines is 1. The highest BCUT2D eigenvalue weighted by molar-refractivity contribution is 9.10. The molecule has 0 spiro atoms. The van der Waals surface area contributed by atoms with Crippen LogP contribution in [0.25, 0.3) is 0 Å². The Labute approximate surface area is 161 Å². The average Bonchev–Trinajstić information content (AvgIpc) is 2.56. The third kappa shape index (κ3) is 6.21. The van der Waals surface area contributed by atoms with Crippen LogP contribution < -0.4 is 10.3 Å². The first kappa shape index (κ1) is 19.5. The number of nitrogens with zero attached hydrogens (tertiary/aromatic N) is 2. The van der Waals surface area contributed by atoms with E-state index in [1.807, 2.05) is 49.3 Å². The van der Waals surface area contributed by atoms with Gasteiger partial charge >= 0.3 is 0 Å². The van der Waals surface area contributed by atoms with E-state index >= 15 is 0 Å². The number of aryl methyl sites for hydroxylation is 1. The van der Waals surface area contributed by atoms with Crippen LogP contribution in [0.1, 0.15) is 16.7 Å². The Morgan fingerprint density at radius 3 is 2.72 bits per heavy atom. The third-order valence-corrected chi connectivity index (χ3v) is 5.22. The lowest BCUT2D eigenvalue weighted by Crippen LogP contribution is -2.19. The van der Waals surface area contributed by atoms with E-state index in [2.05, 4.69) is 45.5 Å². The molecule has 6 heteroatoms. The van der Waals surface area contributed by atoms with Gasteiger partial charge in [-0.1, -0.05) is 30.3 Å². The molecule has 0 aromatic heterocycles. The lowest BCUT2D eigenvalue weighted by atomic mass is 10.1. The van der Waals surface area contributed by atoms with Crippen LogP contribution in [0, 0.1) is 6.92 Å². The second-order valence-corrected chi connectivity index (χ2v) is 7.66. The fourth-order valence-electron chi connectivity index (χ4n) is 2.20. The molecule has 0 unspecified atom stereocenters. The predicted molar refractivity (Wildman–Crippen MR) is 112 cm³/mol. The van der Waals surface area contributed by atoms with E-state index in [4.69, 9.17) is 0 Å². The van der Waals surface area contributed by atoms with Gasteiger partial charge in [0.2, 0.25) is 5.91 Å². The molecule has 0 heterocycles. The number of hydrogen-bond acceptors (Lipinski definition) is 4. The van der Waals surface area contributed by atoms with E-state index in [1.165, 1.54) is 11.1 Å². The van der Waals surface area contributed by atoms with Crippen LogP contribution in [0.5, 0.6) is 0 Å². The minimum atomic E-state index is -0.0983. The number of halogens is 1. The summed E-state index contributed by atoms with van der Waals surface area (Å²) >= 11 is 5.12. The van der Waals surface area contributed by atoms with Crippen LogP contribution in [0.15, 0.2) is 52.0 Å². The van der Waals surface area contributed by atoms with Gasteiger partial charge < -0.3 is 4.90 Å². The van der Waals surface area contributed by atoms with Crippen LogP contribution in [0.2, 0.25) is 0 Å². The second kappa shape index (κ2) is 9.63. The molecule has 2 rings (SSSR count). The van der Waals surface area contributed by atoms with Gasteiger partial charge in [0.15, 0.2) is 0 Å². The van der Waals surface area contributed by atoms with Crippen LogP contribution in [-0.2, 0) is 10.5 Å².